The van der Waals surface area contributed by atoms with Crippen LogP contribution < -0.4 is 9.64 Å². The highest BCUT2D eigenvalue weighted by Crippen LogP contribution is 2.30. The normalized spacial score (nSPS) is 15.2. The van der Waals surface area contributed by atoms with Crippen molar-refractivity contribution in [2.75, 3.05) is 44.9 Å². The molecule has 0 aliphatic carbocycles. The molecule has 1 fully saturated rings. The average Bonchev–Trinajstić information content (AvgIpc) is 2.99. The summed E-state index contributed by atoms with van der Waals surface area (Å²) in [6, 6.07) is 16.2. The number of ether oxygens (including phenoxy) is 2. The van der Waals surface area contributed by atoms with Gasteiger partial charge in [-0.3, -0.25) is 4.79 Å². The maximum Gasteiger partial charge on any atom is 0.254 e. The molecule has 5 rings (SSSR count). The molecule has 0 bridgehead atoms. The third kappa shape index (κ3) is 6.59. The molecule has 2 aliphatic rings. The van der Waals surface area contributed by atoms with E-state index < -0.39 is 0 Å². The second kappa shape index (κ2) is 13.1. The van der Waals surface area contributed by atoms with Gasteiger partial charge in [-0.2, -0.15) is 0 Å². The van der Waals surface area contributed by atoms with E-state index in [0.29, 0.717) is 32.7 Å². The summed E-state index contributed by atoms with van der Waals surface area (Å²) in [5, 5.41) is 0. The van der Waals surface area contributed by atoms with Crippen LogP contribution in [0.5, 0.6) is 5.75 Å². The van der Waals surface area contributed by atoms with Crippen molar-refractivity contribution in [2.45, 2.75) is 58.4 Å². The second-order valence-electron chi connectivity index (χ2n) is 10.5. The van der Waals surface area contributed by atoms with Crippen LogP contribution >= 0.6 is 0 Å². The molecule has 1 saturated heterocycles. The molecule has 3 heterocycles. The number of hydrogen-bond acceptors (Lipinski definition) is 6. The van der Waals surface area contributed by atoms with Gasteiger partial charge in [-0.1, -0.05) is 56.5 Å². The lowest BCUT2D eigenvalue weighted by atomic mass is 10.0. The lowest BCUT2D eigenvalue weighted by Gasteiger charge is -2.34. The van der Waals surface area contributed by atoms with E-state index in [2.05, 4.69) is 30.0 Å². The molecule has 0 radical (unpaired) electrons. The van der Waals surface area contributed by atoms with Crippen molar-refractivity contribution < 1.29 is 14.3 Å². The van der Waals surface area contributed by atoms with E-state index in [9.17, 15) is 4.79 Å². The van der Waals surface area contributed by atoms with Crippen molar-refractivity contribution in [1.29, 1.82) is 0 Å². The number of fused-ring (bicyclic) bond motifs is 1. The molecule has 2 aliphatic heterocycles. The number of methoxy groups -OCH3 is 1. The zero-order valence-electron chi connectivity index (χ0n) is 23.3. The van der Waals surface area contributed by atoms with Gasteiger partial charge < -0.3 is 19.3 Å². The van der Waals surface area contributed by atoms with E-state index in [1.54, 1.807) is 7.11 Å². The number of carbonyl (C=O) groups excluding carboxylic acids is 1. The van der Waals surface area contributed by atoms with Crippen LogP contribution in [0.2, 0.25) is 0 Å². The number of amides is 1. The smallest absolute Gasteiger partial charge is 0.254 e. The fraction of sp³-hybridized carbons (Fsp3) is 0.469. The monoisotopic (exact) mass is 528 g/mol. The minimum absolute atomic E-state index is 0.0733. The SMILES string of the molecule is CCCCCCc1ccc(C(=O)N2CCc3nc(Cc4ccccc4OC)nc(N4CCOCC4)c3C2)cc1. The summed E-state index contributed by atoms with van der Waals surface area (Å²) in [6.45, 7) is 6.32. The first-order chi connectivity index (χ1) is 19.2. The number of anilines is 1. The molecule has 0 N–H and O–H groups in total. The molecule has 2 aromatic carbocycles. The molecule has 1 amide bonds. The summed E-state index contributed by atoms with van der Waals surface area (Å²) in [7, 11) is 1.69. The number of nitrogens with zero attached hydrogens (tertiary/aromatic N) is 4. The topological polar surface area (TPSA) is 67.8 Å². The Balaban J connectivity index is 1.36. The number of morpholine rings is 1. The molecular weight excluding hydrogens is 488 g/mol. The van der Waals surface area contributed by atoms with E-state index in [-0.39, 0.29) is 5.91 Å². The maximum atomic E-state index is 13.5. The van der Waals surface area contributed by atoms with Crippen molar-refractivity contribution in [3.05, 3.63) is 82.3 Å². The minimum Gasteiger partial charge on any atom is -0.496 e. The molecule has 0 unspecified atom stereocenters. The zero-order chi connectivity index (χ0) is 27.0. The molecule has 3 aromatic rings. The van der Waals surface area contributed by atoms with Crippen molar-refractivity contribution >= 4 is 11.7 Å². The van der Waals surface area contributed by atoms with Gasteiger partial charge in [-0.05, 0) is 36.6 Å². The Kier molecular flexibility index (Phi) is 9.09. The fourth-order valence-electron chi connectivity index (χ4n) is 5.51. The summed E-state index contributed by atoms with van der Waals surface area (Å²) < 4.78 is 11.2. The molecule has 0 spiro atoms. The van der Waals surface area contributed by atoms with Crippen LogP contribution in [0.1, 0.15) is 71.2 Å². The first kappa shape index (κ1) is 27.1. The Hall–Kier alpha value is -3.45. The van der Waals surface area contributed by atoms with Gasteiger partial charge in [0.25, 0.3) is 5.91 Å². The summed E-state index contributed by atoms with van der Waals surface area (Å²) in [5.41, 5.74) is 5.22. The minimum atomic E-state index is 0.0733. The number of rotatable bonds is 10. The van der Waals surface area contributed by atoms with Gasteiger partial charge in [0, 0.05) is 49.2 Å². The van der Waals surface area contributed by atoms with Crippen molar-refractivity contribution in [3.63, 3.8) is 0 Å². The number of benzene rings is 2. The largest absolute Gasteiger partial charge is 0.496 e. The van der Waals surface area contributed by atoms with Crippen LogP contribution in [-0.2, 0) is 30.5 Å². The highest BCUT2D eigenvalue weighted by molar-refractivity contribution is 5.94. The van der Waals surface area contributed by atoms with Gasteiger partial charge in [0.15, 0.2) is 0 Å². The molecule has 39 heavy (non-hydrogen) atoms. The van der Waals surface area contributed by atoms with Crippen molar-refractivity contribution in [3.8, 4) is 5.75 Å². The first-order valence-corrected chi connectivity index (χ1v) is 14.4. The summed E-state index contributed by atoms with van der Waals surface area (Å²) in [5.74, 6) is 2.64. The van der Waals surface area contributed by atoms with E-state index in [1.807, 2.05) is 35.2 Å². The molecule has 0 saturated carbocycles. The second-order valence-corrected chi connectivity index (χ2v) is 10.5. The maximum absolute atomic E-state index is 13.5. The number of aromatic nitrogens is 2. The predicted octanol–water partition coefficient (Wildman–Crippen LogP) is 5.23. The van der Waals surface area contributed by atoms with Crippen LogP contribution in [0, 0.1) is 0 Å². The van der Waals surface area contributed by atoms with Gasteiger partial charge in [-0.25, -0.2) is 9.97 Å². The zero-order valence-corrected chi connectivity index (χ0v) is 23.3. The summed E-state index contributed by atoms with van der Waals surface area (Å²) >= 11 is 0. The molecule has 0 atom stereocenters. The van der Waals surface area contributed by atoms with E-state index >= 15 is 0 Å². The lowest BCUT2D eigenvalue weighted by molar-refractivity contribution is 0.0733. The molecular formula is C32H40N4O3. The van der Waals surface area contributed by atoms with Crippen LogP contribution in [0.3, 0.4) is 0 Å². The number of unbranched alkanes of at least 4 members (excludes halogenated alkanes) is 3. The van der Waals surface area contributed by atoms with Gasteiger partial charge in [0.05, 0.1) is 32.6 Å². The summed E-state index contributed by atoms with van der Waals surface area (Å²) in [4.78, 5) is 27.8. The van der Waals surface area contributed by atoms with Crippen molar-refractivity contribution in [2.24, 2.45) is 0 Å². The van der Waals surface area contributed by atoms with Crippen LogP contribution in [0.15, 0.2) is 48.5 Å². The highest BCUT2D eigenvalue weighted by Gasteiger charge is 2.29. The Morgan fingerprint density at radius 3 is 2.54 bits per heavy atom. The standard InChI is InChI=1S/C32H40N4O3/c1-3-4-5-6-9-24-12-14-25(15-13-24)32(37)36-17-16-28-27(23-36)31(35-18-20-39-21-19-35)34-30(33-28)22-26-10-7-8-11-29(26)38-2/h7-8,10-15H,3-6,9,16-23H2,1-2H3. The van der Waals surface area contributed by atoms with Gasteiger partial charge in [0.1, 0.15) is 17.4 Å². The molecule has 7 heteroatoms. The lowest BCUT2D eigenvalue weighted by Crippen LogP contribution is -2.41. The number of carbonyl (C=O) groups is 1. The Labute approximate surface area is 232 Å². The number of aryl methyl sites for hydroxylation is 1. The van der Waals surface area contributed by atoms with Crippen LogP contribution in [-0.4, -0.2) is 60.7 Å². The van der Waals surface area contributed by atoms with Gasteiger partial charge >= 0.3 is 0 Å². The van der Waals surface area contributed by atoms with Crippen LogP contribution in [0.25, 0.3) is 0 Å². The third-order valence-electron chi connectivity index (χ3n) is 7.74. The number of para-hydroxylation sites is 1. The Morgan fingerprint density at radius 2 is 1.77 bits per heavy atom. The fourth-order valence-corrected chi connectivity index (χ4v) is 5.51. The highest BCUT2D eigenvalue weighted by atomic mass is 16.5. The van der Waals surface area contributed by atoms with Gasteiger partial charge in [0.2, 0.25) is 0 Å². The average molecular weight is 529 g/mol. The van der Waals surface area contributed by atoms with E-state index in [1.165, 1.54) is 31.2 Å². The van der Waals surface area contributed by atoms with Crippen molar-refractivity contribution in [1.82, 2.24) is 14.9 Å². The quantitative estimate of drug-likeness (QED) is 0.336. The van der Waals surface area contributed by atoms with E-state index in [4.69, 9.17) is 19.4 Å². The first-order valence-electron chi connectivity index (χ1n) is 14.4. The summed E-state index contributed by atoms with van der Waals surface area (Å²) in [6.07, 6.45) is 7.38. The third-order valence-corrected chi connectivity index (χ3v) is 7.74. The van der Waals surface area contributed by atoms with Crippen LogP contribution in [0.4, 0.5) is 5.82 Å². The molecule has 206 valence electrons. The van der Waals surface area contributed by atoms with E-state index in [0.717, 1.165) is 65.7 Å². The number of hydrogen-bond donors (Lipinski definition) is 0. The Bertz CT molecular complexity index is 1250. The van der Waals surface area contributed by atoms with Gasteiger partial charge in [-0.15, -0.1) is 0 Å². The molecule has 7 nitrogen and oxygen atoms in total. The Morgan fingerprint density at radius 1 is 0.974 bits per heavy atom. The molecule has 1 aromatic heterocycles. The predicted molar refractivity (Wildman–Crippen MR) is 154 cm³/mol.